The van der Waals surface area contributed by atoms with Crippen LogP contribution in [0.2, 0.25) is 0 Å². The van der Waals surface area contributed by atoms with Gasteiger partial charge in [-0.05, 0) is 13.8 Å². The van der Waals surface area contributed by atoms with Crippen molar-refractivity contribution in [2.24, 2.45) is 0 Å². The Morgan fingerprint density at radius 2 is 1.88 bits per heavy atom. The van der Waals surface area contributed by atoms with Gasteiger partial charge in [0.05, 0.1) is 19.3 Å². The second-order valence-electron chi connectivity index (χ2n) is 4.80. The summed E-state index contributed by atoms with van der Waals surface area (Å²) in [5.41, 5.74) is 0. The summed E-state index contributed by atoms with van der Waals surface area (Å²) >= 11 is 0. The Morgan fingerprint density at radius 3 is 2.41 bits per heavy atom. The van der Waals surface area contributed by atoms with Gasteiger partial charge in [0.25, 0.3) is 0 Å². The van der Waals surface area contributed by atoms with Crippen molar-refractivity contribution in [2.75, 3.05) is 40.4 Å². The number of hydrogen-bond acceptors (Lipinski definition) is 4. The number of urea groups is 1. The zero-order valence-corrected chi connectivity index (χ0v) is 11.1. The van der Waals surface area contributed by atoms with Crippen molar-refractivity contribution in [1.29, 1.82) is 0 Å². The molecule has 1 aliphatic rings. The summed E-state index contributed by atoms with van der Waals surface area (Å²) in [5.74, 6) is -0.475. The molecule has 1 aliphatic heterocycles. The molecule has 1 heterocycles. The predicted octanol–water partition coefficient (Wildman–Crippen LogP) is -0.00130. The van der Waals surface area contributed by atoms with E-state index in [0.717, 1.165) is 0 Å². The summed E-state index contributed by atoms with van der Waals surface area (Å²) in [6.45, 7) is 6.37. The molecule has 1 saturated heterocycles. The summed E-state index contributed by atoms with van der Waals surface area (Å²) in [5, 5.41) is 6.05. The number of rotatable bonds is 4. The number of amides is 2. The molecule has 0 saturated carbocycles. The average molecular weight is 245 g/mol. The maximum absolute atomic E-state index is 11.2. The molecule has 1 fully saturated rings. The van der Waals surface area contributed by atoms with Gasteiger partial charge in [0.2, 0.25) is 0 Å². The van der Waals surface area contributed by atoms with Crippen molar-refractivity contribution < 1.29 is 14.3 Å². The molecule has 2 N–H and O–H groups in total. The first kappa shape index (κ1) is 14.2. The minimum absolute atomic E-state index is 0.0796. The first-order valence-corrected chi connectivity index (χ1v) is 5.87. The molecule has 1 rings (SSSR count). The van der Waals surface area contributed by atoms with E-state index in [2.05, 4.69) is 10.6 Å². The van der Waals surface area contributed by atoms with E-state index in [4.69, 9.17) is 9.47 Å². The predicted molar refractivity (Wildman–Crippen MR) is 64.9 cm³/mol. The van der Waals surface area contributed by atoms with Crippen LogP contribution in [0.25, 0.3) is 0 Å². The Labute approximate surface area is 103 Å². The highest BCUT2D eigenvalue weighted by Crippen LogP contribution is 2.16. The van der Waals surface area contributed by atoms with Crippen molar-refractivity contribution in [3.63, 3.8) is 0 Å². The maximum Gasteiger partial charge on any atom is 0.316 e. The van der Waals surface area contributed by atoms with Gasteiger partial charge < -0.3 is 25.0 Å². The van der Waals surface area contributed by atoms with Crippen LogP contribution in [0.3, 0.4) is 0 Å². The van der Waals surface area contributed by atoms with Gasteiger partial charge in [0.1, 0.15) is 0 Å². The minimum atomic E-state index is -0.475. The van der Waals surface area contributed by atoms with Crippen LogP contribution in [-0.4, -0.2) is 63.2 Å². The monoisotopic (exact) mass is 245 g/mol. The number of nitrogens with zero attached hydrogens (tertiary/aromatic N) is 1. The fourth-order valence-corrected chi connectivity index (χ4v) is 1.41. The molecule has 6 nitrogen and oxygen atoms in total. The molecule has 2 amide bonds. The second kappa shape index (κ2) is 6.18. The summed E-state index contributed by atoms with van der Waals surface area (Å²) in [6.07, 6.45) is 0. The fraction of sp³-hybridized carbons (Fsp3) is 0.909. The Bertz CT molecular complexity index is 246. The number of carbonyl (C=O) groups excluding carboxylic acids is 1. The molecule has 17 heavy (non-hydrogen) atoms. The van der Waals surface area contributed by atoms with Crippen molar-refractivity contribution in [3.05, 3.63) is 0 Å². The Morgan fingerprint density at radius 1 is 1.29 bits per heavy atom. The summed E-state index contributed by atoms with van der Waals surface area (Å²) in [4.78, 5) is 12.7. The van der Waals surface area contributed by atoms with Crippen LogP contribution in [0.1, 0.15) is 13.8 Å². The van der Waals surface area contributed by atoms with E-state index in [1.807, 2.05) is 13.8 Å². The lowest BCUT2D eigenvalue weighted by Gasteiger charge is -2.35. The van der Waals surface area contributed by atoms with Gasteiger partial charge in [-0.1, -0.05) is 0 Å². The lowest BCUT2D eigenvalue weighted by Crippen LogP contribution is -2.50. The molecule has 0 aromatic carbocycles. The molecule has 0 radical (unpaired) electrons. The molecule has 100 valence electrons. The number of ether oxygens (including phenoxy) is 2. The molecule has 0 bridgehead atoms. The molecule has 0 aromatic heterocycles. The number of hydrogen-bond donors (Lipinski definition) is 2. The van der Waals surface area contributed by atoms with Crippen LogP contribution in [0, 0.1) is 0 Å². The lowest BCUT2D eigenvalue weighted by molar-refractivity contribution is -0.252. The molecule has 0 atom stereocenters. The van der Waals surface area contributed by atoms with E-state index < -0.39 is 5.79 Å². The summed E-state index contributed by atoms with van der Waals surface area (Å²) in [7, 11) is 3.43. The van der Waals surface area contributed by atoms with Crippen molar-refractivity contribution in [1.82, 2.24) is 15.5 Å². The van der Waals surface area contributed by atoms with Gasteiger partial charge in [0, 0.05) is 27.2 Å². The minimum Gasteiger partial charge on any atom is -0.349 e. The summed E-state index contributed by atoms with van der Waals surface area (Å²) < 4.78 is 11.0. The van der Waals surface area contributed by atoms with Crippen molar-refractivity contribution in [3.8, 4) is 0 Å². The van der Waals surface area contributed by atoms with E-state index in [9.17, 15) is 4.79 Å². The van der Waals surface area contributed by atoms with Gasteiger partial charge in [-0.2, -0.15) is 0 Å². The van der Waals surface area contributed by atoms with Gasteiger partial charge >= 0.3 is 6.03 Å². The van der Waals surface area contributed by atoms with Crippen molar-refractivity contribution >= 4 is 6.03 Å². The number of carbonyl (C=O) groups is 1. The average Bonchev–Trinajstić information content (AvgIpc) is 2.25. The lowest BCUT2D eigenvalue weighted by atomic mass is 10.2. The van der Waals surface area contributed by atoms with Crippen LogP contribution in [0.15, 0.2) is 0 Å². The third kappa shape index (κ3) is 5.34. The Kier molecular flexibility index (Phi) is 5.17. The third-order valence-corrected chi connectivity index (χ3v) is 2.50. The van der Waals surface area contributed by atoms with E-state index in [0.29, 0.717) is 26.3 Å². The quantitative estimate of drug-likeness (QED) is 0.684. The first-order valence-electron chi connectivity index (χ1n) is 5.87. The molecule has 0 aliphatic carbocycles. The number of nitrogens with one attached hydrogen (secondary N) is 2. The largest absolute Gasteiger partial charge is 0.349 e. The Hall–Kier alpha value is -0.850. The zero-order chi connectivity index (χ0) is 12.9. The topological polar surface area (TPSA) is 62.8 Å². The van der Waals surface area contributed by atoms with Crippen LogP contribution in [0.5, 0.6) is 0 Å². The highest BCUT2D eigenvalue weighted by molar-refractivity contribution is 5.73. The highest BCUT2D eigenvalue weighted by atomic mass is 16.7. The SMILES string of the molecule is CN(C)C(=O)NCCNC1COC(C)(C)OC1. The van der Waals surface area contributed by atoms with E-state index in [1.165, 1.54) is 4.90 Å². The van der Waals surface area contributed by atoms with Crippen LogP contribution >= 0.6 is 0 Å². The van der Waals surface area contributed by atoms with Gasteiger partial charge in [0.15, 0.2) is 5.79 Å². The zero-order valence-electron chi connectivity index (χ0n) is 11.1. The van der Waals surface area contributed by atoms with Gasteiger partial charge in [-0.3, -0.25) is 0 Å². The standard InChI is InChI=1S/C11H23N3O3/c1-11(2)16-7-9(8-17-11)12-5-6-13-10(15)14(3)4/h9,12H,5-8H2,1-4H3,(H,13,15). The van der Waals surface area contributed by atoms with E-state index in [-0.39, 0.29) is 12.1 Å². The molecule has 6 heteroatoms. The fourth-order valence-electron chi connectivity index (χ4n) is 1.41. The summed E-state index contributed by atoms with van der Waals surface area (Å²) in [6, 6.07) is 0.114. The normalized spacial score (nSPS) is 20.0. The van der Waals surface area contributed by atoms with Crippen LogP contribution in [0.4, 0.5) is 4.79 Å². The van der Waals surface area contributed by atoms with Crippen LogP contribution in [-0.2, 0) is 9.47 Å². The smallest absolute Gasteiger partial charge is 0.316 e. The van der Waals surface area contributed by atoms with Crippen molar-refractivity contribution in [2.45, 2.75) is 25.7 Å². The second-order valence-corrected chi connectivity index (χ2v) is 4.80. The van der Waals surface area contributed by atoms with Gasteiger partial charge in [-0.15, -0.1) is 0 Å². The molecule has 0 spiro atoms. The first-order chi connectivity index (χ1) is 7.91. The molecule has 0 unspecified atom stereocenters. The molecule has 0 aromatic rings. The molecular weight excluding hydrogens is 222 g/mol. The Balaban J connectivity index is 2.06. The maximum atomic E-state index is 11.2. The third-order valence-electron chi connectivity index (χ3n) is 2.50. The van der Waals surface area contributed by atoms with E-state index >= 15 is 0 Å². The van der Waals surface area contributed by atoms with Crippen LogP contribution < -0.4 is 10.6 Å². The molecular formula is C11H23N3O3. The highest BCUT2D eigenvalue weighted by Gasteiger charge is 2.27. The van der Waals surface area contributed by atoms with E-state index in [1.54, 1.807) is 14.1 Å². The van der Waals surface area contributed by atoms with Gasteiger partial charge in [-0.25, -0.2) is 4.79 Å².